The van der Waals surface area contributed by atoms with Crippen molar-refractivity contribution in [2.45, 2.75) is 46.3 Å². The minimum atomic E-state index is 0.589. The van der Waals surface area contributed by atoms with Gasteiger partial charge in [0, 0.05) is 37.1 Å². The van der Waals surface area contributed by atoms with Crippen LogP contribution < -0.4 is 5.32 Å². The zero-order valence-electron chi connectivity index (χ0n) is 13.6. The van der Waals surface area contributed by atoms with Gasteiger partial charge in [-0.3, -0.25) is 9.88 Å². The van der Waals surface area contributed by atoms with Crippen molar-refractivity contribution >= 4 is 10.9 Å². The molecule has 0 saturated heterocycles. The number of rotatable bonds is 7. The molecule has 1 N–H and O–H groups in total. The topological polar surface area (TPSA) is 28.2 Å². The van der Waals surface area contributed by atoms with Crippen LogP contribution in [0.1, 0.15) is 33.4 Å². The number of aromatic nitrogens is 1. The summed E-state index contributed by atoms with van der Waals surface area (Å²) >= 11 is 0. The van der Waals surface area contributed by atoms with Crippen LogP contribution >= 0.6 is 0 Å². The Balaban J connectivity index is 1.84. The second-order valence-electron chi connectivity index (χ2n) is 6.10. The van der Waals surface area contributed by atoms with E-state index in [1.807, 2.05) is 12.1 Å². The lowest BCUT2D eigenvalue weighted by Crippen LogP contribution is -2.41. The summed E-state index contributed by atoms with van der Waals surface area (Å²) in [4.78, 5) is 7.19. The maximum atomic E-state index is 4.69. The first-order chi connectivity index (χ1) is 10.1. The van der Waals surface area contributed by atoms with Crippen LogP contribution in [0.3, 0.4) is 0 Å². The Labute approximate surface area is 128 Å². The molecule has 0 aliphatic rings. The van der Waals surface area contributed by atoms with Gasteiger partial charge in [0.25, 0.3) is 0 Å². The molecule has 0 fully saturated rings. The van der Waals surface area contributed by atoms with Gasteiger partial charge in [-0.2, -0.15) is 0 Å². The lowest BCUT2D eigenvalue weighted by Gasteiger charge is -2.30. The van der Waals surface area contributed by atoms with Crippen LogP contribution in [0.5, 0.6) is 0 Å². The molecule has 0 radical (unpaired) electrons. The molecule has 3 nitrogen and oxygen atoms in total. The Morgan fingerprint density at radius 2 is 1.71 bits per heavy atom. The van der Waals surface area contributed by atoms with Crippen LogP contribution in [0, 0.1) is 0 Å². The summed E-state index contributed by atoms with van der Waals surface area (Å²) in [5, 5.41) is 4.70. The van der Waals surface area contributed by atoms with E-state index in [1.165, 1.54) is 5.39 Å². The molecule has 3 heteroatoms. The van der Waals surface area contributed by atoms with E-state index in [-0.39, 0.29) is 0 Å². The number of hydrogen-bond acceptors (Lipinski definition) is 3. The molecule has 2 rings (SSSR count). The van der Waals surface area contributed by atoms with Crippen molar-refractivity contribution < 1.29 is 0 Å². The molecule has 0 saturated carbocycles. The fraction of sp³-hybridized carbons (Fsp3) is 0.500. The fourth-order valence-corrected chi connectivity index (χ4v) is 2.74. The number of hydrogen-bond donors (Lipinski definition) is 1. The molecule has 0 aliphatic carbocycles. The zero-order valence-corrected chi connectivity index (χ0v) is 13.6. The Hall–Kier alpha value is -1.45. The molecular formula is C18H27N3. The summed E-state index contributed by atoms with van der Waals surface area (Å²) in [7, 11) is 0. The lowest BCUT2D eigenvalue weighted by atomic mass is 10.2. The standard InChI is InChI=1S/C18H27N3/c1-14(2)21(15(3)4)12-11-19-13-17-10-9-16-7-5-6-8-18(16)20-17/h5-10,14-15,19H,11-13H2,1-4H3. The van der Waals surface area contributed by atoms with Crippen LogP contribution in [0.4, 0.5) is 0 Å². The summed E-state index contributed by atoms with van der Waals surface area (Å²) in [6.45, 7) is 11.9. The summed E-state index contributed by atoms with van der Waals surface area (Å²) in [5.74, 6) is 0. The van der Waals surface area contributed by atoms with E-state index in [1.54, 1.807) is 0 Å². The normalized spacial score (nSPS) is 12.0. The first-order valence-corrected chi connectivity index (χ1v) is 7.89. The number of nitrogens with zero attached hydrogens (tertiary/aromatic N) is 2. The van der Waals surface area contributed by atoms with E-state index in [9.17, 15) is 0 Å². The van der Waals surface area contributed by atoms with Gasteiger partial charge in [0.15, 0.2) is 0 Å². The average molecular weight is 285 g/mol. The van der Waals surface area contributed by atoms with Crippen molar-refractivity contribution in [1.82, 2.24) is 15.2 Å². The number of nitrogens with one attached hydrogen (secondary N) is 1. The largest absolute Gasteiger partial charge is 0.310 e. The maximum absolute atomic E-state index is 4.69. The van der Waals surface area contributed by atoms with Crippen molar-refractivity contribution in [3.05, 3.63) is 42.1 Å². The van der Waals surface area contributed by atoms with E-state index in [2.05, 4.69) is 67.2 Å². The fourth-order valence-electron chi connectivity index (χ4n) is 2.74. The van der Waals surface area contributed by atoms with E-state index < -0.39 is 0 Å². The van der Waals surface area contributed by atoms with Gasteiger partial charge in [0.2, 0.25) is 0 Å². The van der Waals surface area contributed by atoms with Crippen molar-refractivity contribution in [2.24, 2.45) is 0 Å². The average Bonchev–Trinajstić information content (AvgIpc) is 2.46. The maximum Gasteiger partial charge on any atom is 0.0705 e. The SMILES string of the molecule is CC(C)N(CCNCc1ccc2ccccc2n1)C(C)C. The molecule has 2 aromatic rings. The molecule has 0 amide bonds. The first-order valence-electron chi connectivity index (χ1n) is 7.89. The molecule has 0 atom stereocenters. The van der Waals surface area contributed by atoms with Gasteiger partial charge in [0.05, 0.1) is 11.2 Å². The highest BCUT2D eigenvalue weighted by atomic mass is 15.2. The van der Waals surface area contributed by atoms with Gasteiger partial charge >= 0.3 is 0 Å². The highest BCUT2D eigenvalue weighted by molar-refractivity contribution is 5.78. The van der Waals surface area contributed by atoms with E-state index in [4.69, 9.17) is 0 Å². The Morgan fingerprint density at radius 3 is 2.43 bits per heavy atom. The summed E-state index contributed by atoms with van der Waals surface area (Å²) in [5.41, 5.74) is 2.18. The molecule has 1 aromatic carbocycles. The second-order valence-corrected chi connectivity index (χ2v) is 6.10. The molecular weight excluding hydrogens is 258 g/mol. The summed E-state index contributed by atoms with van der Waals surface area (Å²) < 4.78 is 0. The van der Waals surface area contributed by atoms with Crippen LogP contribution in [0.2, 0.25) is 0 Å². The molecule has 21 heavy (non-hydrogen) atoms. The first kappa shape index (κ1) is 15.9. The van der Waals surface area contributed by atoms with Gasteiger partial charge in [-0.1, -0.05) is 24.3 Å². The number of pyridine rings is 1. The highest BCUT2D eigenvalue weighted by Crippen LogP contribution is 2.11. The number of benzene rings is 1. The second kappa shape index (κ2) is 7.53. The van der Waals surface area contributed by atoms with Crippen LogP contribution in [0.25, 0.3) is 10.9 Å². The Kier molecular flexibility index (Phi) is 5.71. The third-order valence-electron chi connectivity index (χ3n) is 3.84. The number of para-hydroxylation sites is 1. The van der Waals surface area contributed by atoms with E-state index in [0.29, 0.717) is 12.1 Å². The van der Waals surface area contributed by atoms with Crippen LogP contribution in [-0.4, -0.2) is 35.1 Å². The zero-order chi connectivity index (χ0) is 15.2. The molecule has 114 valence electrons. The van der Waals surface area contributed by atoms with Crippen LogP contribution in [-0.2, 0) is 6.54 Å². The third kappa shape index (κ3) is 4.51. The number of fused-ring (bicyclic) bond motifs is 1. The van der Waals surface area contributed by atoms with E-state index >= 15 is 0 Å². The minimum Gasteiger partial charge on any atom is -0.310 e. The van der Waals surface area contributed by atoms with Crippen LogP contribution in [0.15, 0.2) is 36.4 Å². The predicted molar refractivity (Wildman–Crippen MR) is 90.4 cm³/mol. The molecule has 0 aliphatic heterocycles. The lowest BCUT2D eigenvalue weighted by molar-refractivity contribution is 0.175. The van der Waals surface area contributed by atoms with Crippen molar-refractivity contribution in [1.29, 1.82) is 0 Å². The van der Waals surface area contributed by atoms with Crippen molar-refractivity contribution in [2.75, 3.05) is 13.1 Å². The van der Waals surface area contributed by atoms with E-state index in [0.717, 1.165) is 30.8 Å². The Morgan fingerprint density at radius 1 is 1.00 bits per heavy atom. The highest BCUT2D eigenvalue weighted by Gasteiger charge is 2.12. The van der Waals surface area contributed by atoms with Crippen molar-refractivity contribution in [3.8, 4) is 0 Å². The quantitative estimate of drug-likeness (QED) is 0.790. The molecule has 0 unspecified atom stereocenters. The summed E-state index contributed by atoms with van der Waals surface area (Å²) in [6, 6.07) is 13.7. The third-order valence-corrected chi connectivity index (χ3v) is 3.84. The summed E-state index contributed by atoms with van der Waals surface area (Å²) in [6.07, 6.45) is 0. The molecule has 1 heterocycles. The predicted octanol–water partition coefficient (Wildman–Crippen LogP) is 3.44. The van der Waals surface area contributed by atoms with Gasteiger partial charge in [-0.25, -0.2) is 0 Å². The molecule has 1 aromatic heterocycles. The van der Waals surface area contributed by atoms with Gasteiger partial charge in [-0.05, 0) is 39.8 Å². The van der Waals surface area contributed by atoms with Gasteiger partial charge in [0.1, 0.15) is 0 Å². The van der Waals surface area contributed by atoms with Gasteiger partial charge in [-0.15, -0.1) is 0 Å². The minimum absolute atomic E-state index is 0.589. The molecule has 0 spiro atoms. The van der Waals surface area contributed by atoms with Crippen molar-refractivity contribution in [3.63, 3.8) is 0 Å². The molecule has 0 bridgehead atoms. The van der Waals surface area contributed by atoms with Gasteiger partial charge < -0.3 is 5.32 Å². The monoisotopic (exact) mass is 285 g/mol. The smallest absolute Gasteiger partial charge is 0.0705 e. The Bertz CT molecular complexity index is 555.